The Bertz CT molecular complexity index is 1160. The van der Waals surface area contributed by atoms with E-state index in [0.29, 0.717) is 12.4 Å². The van der Waals surface area contributed by atoms with Crippen LogP contribution in [0.3, 0.4) is 0 Å². The molecule has 0 saturated heterocycles. The average molecular weight is 433 g/mol. The zero-order valence-corrected chi connectivity index (χ0v) is 18.5. The van der Waals surface area contributed by atoms with Gasteiger partial charge in [-0.3, -0.25) is 4.79 Å². The largest absolute Gasteiger partial charge is 0.497 e. The average Bonchev–Trinajstić information content (AvgIpc) is 3.50. The second kappa shape index (κ2) is 9.14. The van der Waals surface area contributed by atoms with E-state index in [9.17, 15) is 4.79 Å². The number of amides is 1. The highest BCUT2D eigenvalue weighted by Crippen LogP contribution is 2.28. The number of methoxy groups -OCH3 is 1. The van der Waals surface area contributed by atoms with Crippen molar-refractivity contribution in [3.05, 3.63) is 83.5 Å². The summed E-state index contributed by atoms with van der Waals surface area (Å²) in [6.45, 7) is 4.50. The molecular weight excluding hydrogens is 408 g/mol. The lowest BCUT2D eigenvalue weighted by Crippen LogP contribution is -2.34. The van der Waals surface area contributed by atoms with E-state index in [-0.39, 0.29) is 17.8 Å². The van der Waals surface area contributed by atoms with Gasteiger partial charge in [0.1, 0.15) is 5.75 Å². The van der Waals surface area contributed by atoms with Crippen molar-refractivity contribution in [2.45, 2.75) is 19.9 Å². The highest BCUT2D eigenvalue weighted by atomic mass is 32.1. The number of benzene rings is 2. The SMILES string of the molecule is CCN(C(=O)c1nc(-c2cccs2)n(-c2ccccc2)n1)C(C)c1cccc(OC)c1. The molecule has 0 aliphatic heterocycles. The number of nitrogens with zero attached hydrogens (tertiary/aromatic N) is 4. The second-order valence-electron chi connectivity index (χ2n) is 7.03. The first-order valence-corrected chi connectivity index (χ1v) is 11.0. The highest BCUT2D eigenvalue weighted by Gasteiger charge is 2.27. The molecular formula is C24H24N4O2S. The first kappa shape index (κ1) is 20.8. The van der Waals surface area contributed by atoms with Crippen LogP contribution in [0.5, 0.6) is 5.75 Å². The van der Waals surface area contributed by atoms with Gasteiger partial charge in [-0.05, 0) is 55.1 Å². The maximum absolute atomic E-state index is 13.5. The minimum absolute atomic E-state index is 0.151. The summed E-state index contributed by atoms with van der Waals surface area (Å²) in [5, 5.41) is 6.60. The zero-order chi connectivity index (χ0) is 21.8. The first-order chi connectivity index (χ1) is 15.1. The van der Waals surface area contributed by atoms with Gasteiger partial charge in [0, 0.05) is 6.54 Å². The monoisotopic (exact) mass is 432 g/mol. The van der Waals surface area contributed by atoms with E-state index in [1.807, 2.05) is 86.0 Å². The van der Waals surface area contributed by atoms with Crippen molar-refractivity contribution >= 4 is 17.2 Å². The van der Waals surface area contributed by atoms with Crippen LogP contribution in [0.4, 0.5) is 0 Å². The summed E-state index contributed by atoms with van der Waals surface area (Å²) in [5.74, 6) is 1.41. The number of thiophene rings is 1. The van der Waals surface area contributed by atoms with Gasteiger partial charge in [0.15, 0.2) is 5.82 Å². The molecule has 0 spiro atoms. The third-order valence-electron chi connectivity index (χ3n) is 5.19. The summed E-state index contributed by atoms with van der Waals surface area (Å²) < 4.78 is 7.08. The van der Waals surface area contributed by atoms with Crippen LogP contribution in [0.1, 0.15) is 36.1 Å². The molecule has 0 aliphatic carbocycles. The Hall–Kier alpha value is -3.45. The van der Waals surface area contributed by atoms with E-state index < -0.39 is 0 Å². The number of hydrogen-bond donors (Lipinski definition) is 0. The van der Waals surface area contributed by atoms with Gasteiger partial charge in [0.05, 0.1) is 23.7 Å². The minimum Gasteiger partial charge on any atom is -0.497 e. The van der Waals surface area contributed by atoms with Gasteiger partial charge in [-0.15, -0.1) is 16.4 Å². The molecule has 7 heteroatoms. The van der Waals surface area contributed by atoms with Crippen molar-refractivity contribution in [1.29, 1.82) is 0 Å². The molecule has 0 saturated carbocycles. The van der Waals surface area contributed by atoms with Gasteiger partial charge in [-0.1, -0.05) is 36.4 Å². The molecule has 1 amide bonds. The van der Waals surface area contributed by atoms with Crippen LogP contribution >= 0.6 is 11.3 Å². The Morgan fingerprint density at radius 1 is 1.13 bits per heavy atom. The van der Waals surface area contributed by atoms with Crippen LogP contribution in [0.2, 0.25) is 0 Å². The number of hydrogen-bond acceptors (Lipinski definition) is 5. The van der Waals surface area contributed by atoms with Crippen molar-refractivity contribution in [2.75, 3.05) is 13.7 Å². The molecule has 2 aromatic carbocycles. The Morgan fingerprint density at radius 2 is 1.94 bits per heavy atom. The van der Waals surface area contributed by atoms with Gasteiger partial charge in [-0.25, -0.2) is 9.67 Å². The van der Waals surface area contributed by atoms with Crippen molar-refractivity contribution in [2.24, 2.45) is 0 Å². The fourth-order valence-corrected chi connectivity index (χ4v) is 4.22. The standard InChI is InChI=1S/C24H24N4O2S/c1-4-27(17(2)18-10-8-13-20(16-18)30-3)24(29)22-25-23(21-14-9-15-31-21)28(26-22)19-11-6-5-7-12-19/h5-17H,4H2,1-3H3. The highest BCUT2D eigenvalue weighted by molar-refractivity contribution is 7.13. The van der Waals surface area contributed by atoms with E-state index in [1.54, 1.807) is 28.0 Å². The molecule has 1 atom stereocenters. The number of para-hydroxylation sites is 1. The molecule has 2 heterocycles. The maximum atomic E-state index is 13.5. The lowest BCUT2D eigenvalue weighted by atomic mass is 10.1. The summed E-state index contributed by atoms with van der Waals surface area (Å²) in [6.07, 6.45) is 0. The molecule has 6 nitrogen and oxygen atoms in total. The van der Waals surface area contributed by atoms with Crippen LogP contribution in [0, 0.1) is 0 Å². The summed E-state index contributed by atoms with van der Waals surface area (Å²) in [4.78, 5) is 20.9. The molecule has 0 N–H and O–H groups in total. The molecule has 4 aromatic rings. The summed E-state index contributed by atoms with van der Waals surface area (Å²) in [5.41, 5.74) is 1.86. The van der Waals surface area contributed by atoms with Crippen LogP contribution in [0.25, 0.3) is 16.4 Å². The quantitative estimate of drug-likeness (QED) is 0.401. The van der Waals surface area contributed by atoms with Gasteiger partial charge in [0.2, 0.25) is 5.82 Å². The van der Waals surface area contributed by atoms with Crippen molar-refractivity contribution in [1.82, 2.24) is 19.7 Å². The number of carbonyl (C=O) groups excluding carboxylic acids is 1. The molecule has 0 bridgehead atoms. The van der Waals surface area contributed by atoms with Gasteiger partial charge in [0.25, 0.3) is 5.91 Å². The van der Waals surface area contributed by atoms with E-state index in [0.717, 1.165) is 21.9 Å². The first-order valence-electron chi connectivity index (χ1n) is 10.1. The molecule has 0 fully saturated rings. The van der Waals surface area contributed by atoms with E-state index in [4.69, 9.17) is 4.74 Å². The predicted octanol–water partition coefficient (Wildman–Crippen LogP) is 5.23. The Morgan fingerprint density at radius 3 is 2.61 bits per heavy atom. The summed E-state index contributed by atoms with van der Waals surface area (Å²) >= 11 is 1.57. The van der Waals surface area contributed by atoms with E-state index in [1.165, 1.54) is 0 Å². The van der Waals surface area contributed by atoms with Gasteiger partial charge in [-0.2, -0.15) is 0 Å². The Balaban J connectivity index is 1.71. The predicted molar refractivity (Wildman–Crippen MR) is 123 cm³/mol. The zero-order valence-electron chi connectivity index (χ0n) is 17.7. The minimum atomic E-state index is -0.203. The van der Waals surface area contributed by atoms with Crippen molar-refractivity contribution in [3.63, 3.8) is 0 Å². The van der Waals surface area contributed by atoms with Crippen LogP contribution < -0.4 is 4.74 Å². The molecule has 1 unspecified atom stereocenters. The number of rotatable bonds is 7. The van der Waals surface area contributed by atoms with Gasteiger partial charge >= 0.3 is 0 Å². The van der Waals surface area contributed by atoms with Crippen LogP contribution in [0.15, 0.2) is 72.1 Å². The molecule has 0 radical (unpaired) electrons. The normalized spacial score (nSPS) is 11.8. The molecule has 31 heavy (non-hydrogen) atoms. The van der Waals surface area contributed by atoms with Crippen LogP contribution in [-0.4, -0.2) is 39.2 Å². The number of aromatic nitrogens is 3. The van der Waals surface area contributed by atoms with Gasteiger partial charge < -0.3 is 9.64 Å². The van der Waals surface area contributed by atoms with E-state index in [2.05, 4.69) is 10.1 Å². The summed E-state index contributed by atoms with van der Waals surface area (Å²) in [6, 6.07) is 21.3. The fourth-order valence-electron chi connectivity index (χ4n) is 3.52. The number of carbonyl (C=O) groups is 1. The smallest absolute Gasteiger partial charge is 0.294 e. The second-order valence-corrected chi connectivity index (χ2v) is 7.98. The number of ether oxygens (including phenoxy) is 1. The maximum Gasteiger partial charge on any atom is 0.294 e. The van der Waals surface area contributed by atoms with Crippen molar-refractivity contribution < 1.29 is 9.53 Å². The lowest BCUT2D eigenvalue weighted by molar-refractivity contribution is 0.0689. The van der Waals surface area contributed by atoms with Crippen LogP contribution in [-0.2, 0) is 0 Å². The molecule has 4 rings (SSSR count). The third-order valence-corrected chi connectivity index (χ3v) is 6.05. The van der Waals surface area contributed by atoms with Crippen molar-refractivity contribution in [3.8, 4) is 22.1 Å². The fraction of sp³-hybridized carbons (Fsp3) is 0.208. The molecule has 2 aromatic heterocycles. The van der Waals surface area contributed by atoms with E-state index >= 15 is 0 Å². The lowest BCUT2D eigenvalue weighted by Gasteiger charge is -2.27. The topological polar surface area (TPSA) is 60.2 Å². The molecule has 0 aliphatic rings. The third kappa shape index (κ3) is 4.22. The Kier molecular flexibility index (Phi) is 6.13. The molecule has 158 valence electrons. The summed E-state index contributed by atoms with van der Waals surface area (Å²) in [7, 11) is 1.64. The Labute approximate surface area is 185 Å².